The molecular weight excluding hydrogens is 423 g/mol. The lowest BCUT2D eigenvalue weighted by molar-refractivity contribution is 0.0726. The SMILES string of the molecule is CC(C)(C)c1ccc(C(=O)N(Cc2ccccc2)Cc2cccn2Cc2ccc(F)cc2)cc1. The number of nitrogens with zero attached hydrogens (tertiary/aromatic N) is 2. The molecule has 34 heavy (non-hydrogen) atoms. The summed E-state index contributed by atoms with van der Waals surface area (Å²) in [5.41, 5.74) is 5.04. The Labute approximate surface area is 201 Å². The summed E-state index contributed by atoms with van der Waals surface area (Å²) in [6.45, 7) is 8.12. The minimum absolute atomic E-state index is 0.00107. The Balaban J connectivity index is 1.59. The van der Waals surface area contributed by atoms with Crippen molar-refractivity contribution in [2.75, 3.05) is 0 Å². The van der Waals surface area contributed by atoms with Crippen LogP contribution >= 0.6 is 0 Å². The average molecular weight is 455 g/mol. The van der Waals surface area contributed by atoms with E-state index in [0.717, 1.165) is 16.8 Å². The van der Waals surface area contributed by atoms with Crippen LogP contribution in [0.2, 0.25) is 0 Å². The molecule has 0 aliphatic carbocycles. The number of hydrogen-bond acceptors (Lipinski definition) is 1. The average Bonchev–Trinajstić information content (AvgIpc) is 3.26. The molecule has 4 aromatic rings. The van der Waals surface area contributed by atoms with E-state index < -0.39 is 0 Å². The van der Waals surface area contributed by atoms with Gasteiger partial charge in [0.2, 0.25) is 0 Å². The summed E-state index contributed by atoms with van der Waals surface area (Å²) in [6, 6.07) is 28.6. The molecule has 0 saturated heterocycles. The van der Waals surface area contributed by atoms with Gasteiger partial charge in [0.15, 0.2) is 0 Å². The quantitative estimate of drug-likeness (QED) is 0.301. The molecule has 0 aliphatic heterocycles. The van der Waals surface area contributed by atoms with Gasteiger partial charge in [-0.2, -0.15) is 0 Å². The van der Waals surface area contributed by atoms with E-state index in [4.69, 9.17) is 0 Å². The van der Waals surface area contributed by atoms with Crippen molar-refractivity contribution in [3.05, 3.63) is 131 Å². The van der Waals surface area contributed by atoms with Gasteiger partial charge in [-0.25, -0.2) is 4.39 Å². The number of halogens is 1. The van der Waals surface area contributed by atoms with Crippen LogP contribution in [0.25, 0.3) is 0 Å². The molecule has 4 heteroatoms. The third-order valence-corrected chi connectivity index (χ3v) is 6.04. The van der Waals surface area contributed by atoms with E-state index in [1.54, 1.807) is 12.1 Å². The lowest BCUT2D eigenvalue weighted by Gasteiger charge is -2.25. The standard InChI is InChI=1S/C30H31FN2O/c1-30(2,3)26-15-13-25(14-16-26)29(34)33(21-23-8-5-4-6-9-23)22-28-10-7-19-32(28)20-24-11-17-27(31)18-12-24/h4-19H,20-22H2,1-3H3. The largest absolute Gasteiger partial charge is 0.345 e. The van der Waals surface area contributed by atoms with Crippen LogP contribution in [0.5, 0.6) is 0 Å². The van der Waals surface area contributed by atoms with Crippen LogP contribution in [-0.4, -0.2) is 15.4 Å². The number of aromatic nitrogens is 1. The van der Waals surface area contributed by atoms with Crippen LogP contribution < -0.4 is 0 Å². The molecule has 4 rings (SSSR count). The van der Waals surface area contributed by atoms with Crippen LogP contribution in [0, 0.1) is 5.82 Å². The van der Waals surface area contributed by atoms with Gasteiger partial charge < -0.3 is 9.47 Å². The molecule has 0 unspecified atom stereocenters. The van der Waals surface area contributed by atoms with Gasteiger partial charge in [-0.1, -0.05) is 75.4 Å². The summed E-state index contributed by atoms with van der Waals surface area (Å²) < 4.78 is 15.4. The van der Waals surface area contributed by atoms with Gasteiger partial charge in [-0.15, -0.1) is 0 Å². The van der Waals surface area contributed by atoms with E-state index in [-0.39, 0.29) is 17.1 Å². The number of hydrogen-bond donors (Lipinski definition) is 0. The van der Waals surface area contributed by atoms with Gasteiger partial charge in [-0.3, -0.25) is 4.79 Å². The van der Waals surface area contributed by atoms with Crippen molar-refractivity contribution < 1.29 is 9.18 Å². The highest BCUT2D eigenvalue weighted by molar-refractivity contribution is 5.94. The van der Waals surface area contributed by atoms with Crippen molar-refractivity contribution in [3.63, 3.8) is 0 Å². The van der Waals surface area contributed by atoms with Crippen LogP contribution in [0.3, 0.4) is 0 Å². The molecule has 0 atom stereocenters. The highest BCUT2D eigenvalue weighted by atomic mass is 19.1. The molecular formula is C30H31FN2O. The van der Waals surface area contributed by atoms with Gasteiger partial charge in [0, 0.05) is 30.5 Å². The molecule has 0 aliphatic rings. The monoisotopic (exact) mass is 454 g/mol. The highest BCUT2D eigenvalue weighted by Gasteiger charge is 2.20. The predicted molar refractivity (Wildman–Crippen MR) is 135 cm³/mol. The summed E-state index contributed by atoms with van der Waals surface area (Å²) in [5, 5.41) is 0. The molecule has 174 valence electrons. The van der Waals surface area contributed by atoms with Crippen molar-refractivity contribution in [3.8, 4) is 0 Å². The van der Waals surface area contributed by atoms with Gasteiger partial charge in [-0.05, 0) is 58.5 Å². The zero-order valence-electron chi connectivity index (χ0n) is 20.0. The molecule has 1 aromatic heterocycles. The maximum absolute atomic E-state index is 13.6. The number of benzene rings is 3. The Bertz CT molecular complexity index is 1220. The molecule has 0 bridgehead atoms. The van der Waals surface area contributed by atoms with Gasteiger partial charge in [0.05, 0.1) is 6.54 Å². The first-order chi connectivity index (χ1) is 16.3. The first-order valence-electron chi connectivity index (χ1n) is 11.6. The van der Waals surface area contributed by atoms with Gasteiger partial charge in [0.1, 0.15) is 5.82 Å². The van der Waals surface area contributed by atoms with E-state index in [9.17, 15) is 9.18 Å². The van der Waals surface area contributed by atoms with E-state index in [1.807, 2.05) is 77.8 Å². The maximum Gasteiger partial charge on any atom is 0.254 e. The van der Waals surface area contributed by atoms with Crippen molar-refractivity contribution in [1.29, 1.82) is 0 Å². The van der Waals surface area contributed by atoms with Crippen molar-refractivity contribution in [2.45, 2.75) is 45.8 Å². The Morgan fingerprint density at radius 3 is 2.12 bits per heavy atom. The van der Waals surface area contributed by atoms with Crippen LogP contribution in [-0.2, 0) is 25.0 Å². The second-order valence-electron chi connectivity index (χ2n) is 9.73. The molecule has 3 nitrogen and oxygen atoms in total. The molecule has 0 fully saturated rings. The molecule has 0 spiro atoms. The van der Waals surface area contributed by atoms with Crippen molar-refractivity contribution in [2.24, 2.45) is 0 Å². The van der Waals surface area contributed by atoms with Crippen molar-refractivity contribution in [1.82, 2.24) is 9.47 Å². The third-order valence-electron chi connectivity index (χ3n) is 6.04. The third kappa shape index (κ3) is 5.82. The lowest BCUT2D eigenvalue weighted by atomic mass is 9.86. The molecule has 1 heterocycles. The molecule has 1 amide bonds. The fourth-order valence-corrected chi connectivity index (χ4v) is 4.03. The number of carbonyl (C=O) groups is 1. The highest BCUT2D eigenvalue weighted by Crippen LogP contribution is 2.23. The first kappa shape index (κ1) is 23.5. The predicted octanol–water partition coefficient (Wildman–Crippen LogP) is 6.82. The number of carbonyl (C=O) groups excluding carboxylic acids is 1. The van der Waals surface area contributed by atoms with Crippen LogP contribution in [0.1, 0.15) is 53.5 Å². The normalized spacial score (nSPS) is 11.4. The van der Waals surface area contributed by atoms with E-state index in [0.29, 0.717) is 25.2 Å². The van der Waals surface area contributed by atoms with E-state index >= 15 is 0 Å². The smallest absolute Gasteiger partial charge is 0.254 e. The molecule has 0 radical (unpaired) electrons. The van der Waals surface area contributed by atoms with E-state index in [1.165, 1.54) is 17.7 Å². The van der Waals surface area contributed by atoms with Crippen LogP contribution in [0.15, 0.2) is 97.2 Å². The summed E-state index contributed by atoms with van der Waals surface area (Å²) in [6.07, 6.45) is 2.00. The summed E-state index contributed by atoms with van der Waals surface area (Å²) in [4.78, 5) is 15.5. The summed E-state index contributed by atoms with van der Waals surface area (Å²) in [5.74, 6) is -0.243. The van der Waals surface area contributed by atoms with Crippen molar-refractivity contribution >= 4 is 5.91 Å². The minimum atomic E-state index is -0.242. The second kappa shape index (κ2) is 10.1. The van der Waals surface area contributed by atoms with Gasteiger partial charge >= 0.3 is 0 Å². The fraction of sp³-hybridized carbons (Fsp3) is 0.233. The topological polar surface area (TPSA) is 25.2 Å². The Hall–Kier alpha value is -3.66. The van der Waals surface area contributed by atoms with Crippen LogP contribution in [0.4, 0.5) is 4.39 Å². The molecule has 3 aromatic carbocycles. The molecule has 0 saturated carbocycles. The molecule has 0 N–H and O–H groups in total. The maximum atomic E-state index is 13.6. The lowest BCUT2D eigenvalue weighted by Crippen LogP contribution is -2.31. The first-order valence-corrected chi connectivity index (χ1v) is 11.6. The number of amides is 1. The second-order valence-corrected chi connectivity index (χ2v) is 9.73. The van der Waals surface area contributed by atoms with Gasteiger partial charge in [0.25, 0.3) is 5.91 Å². The zero-order chi connectivity index (χ0) is 24.1. The summed E-state index contributed by atoms with van der Waals surface area (Å²) in [7, 11) is 0. The van der Waals surface area contributed by atoms with E-state index in [2.05, 4.69) is 25.3 Å². The fourth-order valence-electron chi connectivity index (χ4n) is 4.03. The Kier molecular flexibility index (Phi) is 6.97. The Morgan fingerprint density at radius 1 is 0.794 bits per heavy atom. The number of rotatable bonds is 7. The minimum Gasteiger partial charge on any atom is -0.345 e. The summed E-state index contributed by atoms with van der Waals surface area (Å²) >= 11 is 0. The zero-order valence-corrected chi connectivity index (χ0v) is 20.0. The Morgan fingerprint density at radius 2 is 1.47 bits per heavy atom.